The Labute approximate surface area is 132 Å². The molecule has 0 saturated heterocycles. The summed E-state index contributed by atoms with van der Waals surface area (Å²) in [5.41, 5.74) is 5.95. The van der Waals surface area contributed by atoms with Gasteiger partial charge in [-0.3, -0.25) is 16.5 Å². The third-order valence-corrected chi connectivity index (χ3v) is 2.62. The van der Waals surface area contributed by atoms with E-state index in [1.807, 2.05) is 18.2 Å². The van der Waals surface area contributed by atoms with Crippen molar-refractivity contribution in [2.75, 3.05) is 13.2 Å². The van der Waals surface area contributed by atoms with Gasteiger partial charge in [-0.2, -0.15) is 4.98 Å². The number of rotatable bonds is 6. The molecule has 8 N–H and O–H groups in total. The fraction of sp³-hybridized carbons (Fsp3) is 0.214. The minimum atomic E-state index is -1.03. The van der Waals surface area contributed by atoms with Gasteiger partial charge < -0.3 is 20.7 Å². The Bertz CT molecular complexity index is 624. The van der Waals surface area contributed by atoms with Crippen LogP contribution in [0.4, 0.5) is 0 Å². The van der Waals surface area contributed by atoms with Crippen molar-refractivity contribution in [3.63, 3.8) is 0 Å². The molecule has 124 valence electrons. The number of ether oxygens (including phenoxy) is 1. The van der Waals surface area contributed by atoms with Gasteiger partial charge in [-0.05, 0) is 0 Å². The van der Waals surface area contributed by atoms with Crippen LogP contribution in [0.1, 0.15) is 10.5 Å². The second kappa shape index (κ2) is 9.43. The summed E-state index contributed by atoms with van der Waals surface area (Å²) >= 11 is 0. The molecule has 0 aliphatic carbocycles. The summed E-state index contributed by atoms with van der Waals surface area (Å²) in [6, 6.07) is 10.3. The average Bonchev–Trinajstić information content (AvgIpc) is 2.61. The van der Waals surface area contributed by atoms with Gasteiger partial charge in [-0.1, -0.05) is 30.3 Å². The molecule has 9 nitrogen and oxygen atoms in total. The first kappa shape index (κ1) is 18.5. The largest absolute Gasteiger partial charge is 0.475 e. The van der Waals surface area contributed by atoms with Crippen LogP contribution in [0, 0.1) is 0 Å². The maximum atomic E-state index is 11.3. The number of aromatic nitrogens is 2. The molecule has 0 radical (unpaired) electrons. The standard InChI is InChI=1S/C14H15N3O4.H4N2/c15-13(20)11-6-12(21-8-10(19)7-18)17-14(16-11)9-4-2-1-3-5-9;1-2/h1-6,10,18-19H,7-8H2,(H2,15,20);1-2H2/t10-;/m0./s1. The number of nitrogens with two attached hydrogens (primary N) is 3. The predicted octanol–water partition coefficient (Wildman–Crippen LogP) is -1.21. The molecule has 2 aromatic rings. The minimum absolute atomic E-state index is 0.0114. The summed E-state index contributed by atoms with van der Waals surface area (Å²) in [6.07, 6.45) is -1.03. The van der Waals surface area contributed by atoms with Crippen LogP contribution in [0.5, 0.6) is 5.88 Å². The molecular formula is C14H19N5O4. The molecule has 9 heteroatoms. The van der Waals surface area contributed by atoms with Crippen LogP contribution in [0.2, 0.25) is 0 Å². The van der Waals surface area contributed by atoms with E-state index >= 15 is 0 Å². The van der Waals surface area contributed by atoms with Crippen molar-refractivity contribution < 1.29 is 19.7 Å². The van der Waals surface area contributed by atoms with Crippen LogP contribution in [-0.2, 0) is 0 Å². The molecule has 1 aromatic heterocycles. The van der Waals surface area contributed by atoms with E-state index in [4.69, 9.17) is 15.6 Å². The summed E-state index contributed by atoms with van der Waals surface area (Å²) < 4.78 is 5.24. The number of benzene rings is 1. The average molecular weight is 321 g/mol. The van der Waals surface area contributed by atoms with Crippen molar-refractivity contribution in [3.8, 4) is 17.3 Å². The van der Waals surface area contributed by atoms with Crippen LogP contribution in [0.25, 0.3) is 11.4 Å². The highest BCUT2D eigenvalue weighted by Crippen LogP contribution is 2.19. The van der Waals surface area contributed by atoms with Gasteiger partial charge in [0.25, 0.3) is 5.91 Å². The van der Waals surface area contributed by atoms with E-state index in [1.165, 1.54) is 6.07 Å². The number of primary amides is 1. The summed E-state index contributed by atoms with van der Waals surface area (Å²) in [5.74, 6) is 7.69. The second-order valence-corrected chi connectivity index (χ2v) is 4.29. The maximum absolute atomic E-state index is 11.3. The van der Waals surface area contributed by atoms with Crippen molar-refractivity contribution in [1.82, 2.24) is 9.97 Å². The number of hydrogen-bond acceptors (Lipinski definition) is 8. The molecule has 0 bridgehead atoms. The zero-order valence-electron chi connectivity index (χ0n) is 12.3. The van der Waals surface area contributed by atoms with Crippen molar-refractivity contribution in [1.29, 1.82) is 0 Å². The van der Waals surface area contributed by atoms with Crippen LogP contribution in [-0.4, -0.2) is 45.4 Å². The first-order valence-corrected chi connectivity index (χ1v) is 6.59. The lowest BCUT2D eigenvalue weighted by molar-refractivity contribution is 0.0520. The van der Waals surface area contributed by atoms with Crippen LogP contribution in [0.15, 0.2) is 36.4 Å². The van der Waals surface area contributed by atoms with Crippen LogP contribution in [0.3, 0.4) is 0 Å². The van der Waals surface area contributed by atoms with Crippen molar-refractivity contribution >= 4 is 5.91 Å². The molecule has 0 unspecified atom stereocenters. The Balaban J connectivity index is 0.00000127. The number of aliphatic hydroxyl groups excluding tert-OH is 2. The smallest absolute Gasteiger partial charge is 0.267 e. The molecular weight excluding hydrogens is 302 g/mol. The van der Waals surface area contributed by atoms with Gasteiger partial charge in [0.15, 0.2) is 5.82 Å². The fourth-order valence-electron chi connectivity index (χ4n) is 1.58. The molecule has 0 aliphatic heterocycles. The SMILES string of the molecule is NC(=O)c1cc(OC[C@@H](O)CO)nc(-c2ccccc2)n1.NN. The summed E-state index contributed by atoms with van der Waals surface area (Å²) in [6.45, 7) is -0.584. The van der Waals surface area contributed by atoms with Gasteiger partial charge in [0, 0.05) is 11.6 Å². The number of hydrogen-bond donors (Lipinski definition) is 5. The van der Waals surface area contributed by atoms with Crippen LogP contribution >= 0.6 is 0 Å². The van der Waals surface area contributed by atoms with Crippen molar-refractivity contribution in [3.05, 3.63) is 42.1 Å². The first-order valence-electron chi connectivity index (χ1n) is 6.59. The topological polar surface area (TPSA) is 171 Å². The summed E-state index contributed by atoms with van der Waals surface area (Å²) in [4.78, 5) is 19.5. The lowest BCUT2D eigenvalue weighted by Crippen LogP contribution is -2.22. The Morgan fingerprint density at radius 3 is 2.43 bits per heavy atom. The van der Waals surface area contributed by atoms with Crippen molar-refractivity contribution in [2.45, 2.75) is 6.10 Å². The Morgan fingerprint density at radius 1 is 1.22 bits per heavy atom. The second-order valence-electron chi connectivity index (χ2n) is 4.29. The lowest BCUT2D eigenvalue weighted by atomic mass is 10.2. The van der Waals surface area contributed by atoms with E-state index < -0.39 is 18.6 Å². The van der Waals surface area contributed by atoms with Gasteiger partial charge >= 0.3 is 0 Å². The molecule has 23 heavy (non-hydrogen) atoms. The highest BCUT2D eigenvalue weighted by molar-refractivity contribution is 5.91. The molecule has 2 rings (SSSR count). The molecule has 0 saturated carbocycles. The van der Waals surface area contributed by atoms with E-state index in [2.05, 4.69) is 21.7 Å². The Hall–Kier alpha value is -2.59. The zero-order valence-corrected chi connectivity index (χ0v) is 12.3. The molecule has 1 atom stereocenters. The quantitative estimate of drug-likeness (QED) is 0.326. The molecule has 1 aromatic carbocycles. The van der Waals surface area contributed by atoms with E-state index in [9.17, 15) is 9.90 Å². The molecule has 1 heterocycles. The molecule has 0 spiro atoms. The van der Waals surface area contributed by atoms with E-state index in [1.54, 1.807) is 12.1 Å². The van der Waals surface area contributed by atoms with Gasteiger partial charge in [-0.25, -0.2) is 4.98 Å². The normalized spacial score (nSPS) is 11.1. The Kier molecular flexibility index (Phi) is 7.57. The van der Waals surface area contributed by atoms with E-state index in [0.717, 1.165) is 0 Å². The van der Waals surface area contributed by atoms with Crippen LogP contribution < -0.4 is 22.2 Å². The first-order chi connectivity index (χ1) is 11.1. The summed E-state index contributed by atoms with van der Waals surface area (Å²) in [7, 11) is 0. The lowest BCUT2D eigenvalue weighted by Gasteiger charge is -2.10. The molecule has 1 amide bonds. The Morgan fingerprint density at radius 2 is 1.87 bits per heavy atom. The number of hydrazine groups is 1. The van der Waals surface area contributed by atoms with Gasteiger partial charge in [0.2, 0.25) is 5.88 Å². The number of carbonyl (C=O) groups is 1. The van der Waals surface area contributed by atoms with Gasteiger partial charge in [0.05, 0.1) is 6.61 Å². The van der Waals surface area contributed by atoms with E-state index in [0.29, 0.717) is 11.4 Å². The van der Waals surface area contributed by atoms with Crippen molar-refractivity contribution in [2.24, 2.45) is 17.4 Å². The molecule has 0 fully saturated rings. The minimum Gasteiger partial charge on any atom is -0.475 e. The third kappa shape index (κ3) is 5.60. The monoisotopic (exact) mass is 321 g/mol. The third-order valence-electron chi connectivity index (χ3n) is 2.62. The predicted molar refractivity (Wildman–Crippen MR) is 82.9 cm³/mol. The zero-order chi connectivity index (χ0) is 17.2. The number of nitrogens with zero attached hydrogens (tertiary/aromatic N) is 2. The maximum Gasteiger partial charge on any atom is 0.267 e. The number of carbonyl (C=O) groups excluding carboxylic acids is 1. The van der Waals surface area contributed by atoms with Gasteiger partial charge in [-0.15, -0.1) is 0 Å². The number of aliphatic hydroxyl groups is 2. The highest BCUT2D eigenvalue weighted by Gasteiger charge is 2.12. The van der Waals surface area contributed by atoms with E-state index in [-0.39, 0.29) is 18.2 Å². The van der Waals surface area contributed by atoms with Gasteiger partial charge in [0.1, 0.15) is 18.4 Å². The highest BCUT2D eigenvalue weighted by atomic mass is 16.5. The fourth-order valence-corrected chi connectivity index (χ4v) is 1.58. The number of amides is 1. The summed E-state index contributed by atoms with van der Waals surface area (Å²) in [5, 5.41) is 18.0. The molecule has 0 aliphatic rings.